The lowest BCUT2D eigenvalue weighted by Gasteiger charge is -2.07. The summed E-state index contributed by atoms with van der Waals surface area (Å²) < 4.78 is 15.6. The molecule has 5 nitrogen and oxygen atoms in total. The quantitative estimate of drug-likeness (QED) is 0.202. The van der Waals surface area contributed by atoms with Gasteiger partial charge in [0, 0.05) is 12.8 Å². The zero-order valence-corrected chi connectivity index (χ0v) is 17.8. The topological polar surface area (TPSA) is 61.8 Å². The van der Waals surface area contributed by atoms with Crippen LogP contribution in [0.25, 0.3) is 0 Å². The van der Waals surface area contributed by atoms with Gasteiger partial charge in [-0.2, -0.15) is 0 Å². The van der Waals surface area contributed by atoms with E-state index in [2.05, 4.69) is 13.8 Å². The monoisotopic (exact) mass is 386 g/mol. The minimum atomic E-state index is -0.153. The SMILES string of the molecule is CCCCCCCCC(=O)OCCOCCOC(=O)CCCCCCCC. The van der Waals surface area contributed by atoms with Gasteiger partial charge >= 0.3 is 11.9 Å². The van der Waals surface area contributed by atoms with E-state index in [1.54, 1.807) is 0 Å². The summed E-state index contributed by atoms with van der Waals surface area (Å²) in [6.45, 7) is 5.61. The van der Waals surface area contributed by atoms with Crippen molar-refractivity contribution in [2.45, 2.75) is 104 Å². The summed E-state index contributed by atoms with van der Waals surface area (Å²) in [5.41, 5.74) is 0. The van der Waals surface area contributed by atoms with Crippen LogP contribution in [0.3, 0.4) is 0 Å². The van der Waals surface area contributed by atoms with Crippen molar-refractivity contribution >= 4 is 11.9 Å². The molecule has 0 aromatic rings. The molecule has 0 saturated carbocycles. The first-order valence-electron chi connectivity index (χ1n) is 11.1. The zero-order chi connectivity index (χ0) is 20.0. The van der Waals surface area contributed by atoms with Gasteiger partial charge in [0.05, 0.1) is 13.2 Å². The zero-order valence-electron chi connectivity index (χ0n) is 17.8. The average Bonchev–Trinajstić information content (AvgIpc) is 2.66. The molecule has 160 valence electrons. The first-order chi connectivity index (χ1) is 13.2. The van der Waals surface area contributed by atoms with E-state index in [4.69, 9.17) is 14.2 Å². The summed E-state index contributed by atoms with van der Waals surface area (Å²) in [7, 11) is 0. The molecular formula is C22H42O5. The molecule has 0 unspecified atom stereocenters. The van der Waals surface area contributed by atoms with E-state index >= 15 is 0 Å². The third kappa shape index (κ3) is 21.1. The number of ether oxygens (including phenoxy) is 3. The van der Waals surface area contributed by atoms with E-state index in [0.29, 0.717) is 26.1 Å². The minimum absolute atomic E-state index is 0.153. The van der Waals surface area contributed by atoms with E-state index in [1.165, 1.54) is 51.4 Å². The van der Waals surface area contributed by atoms with Crippen LogP contribution < -0.4 is 0 Å². The minimum Gasteiger partial charge on any atom is -0.463 e. The highest BCUT2D eigenvalue weighted by Crippen LogP contribution is 2.08. The highest BCUT2D eigenvalue weighted by molar-refractivity contribution is 5.69. The highest BCUT2D eigenvalue weighted by atomic mass is 16.6. The molecule has 27 heavy (non-hydrogen) atoms. The van der Waals surface area contributed by atoms with Crippen LogP contribution in [0.5, 0.6) is 0 Å². The van der Waals surface area contributed by atoms with Crippen molar-refractivity contribution < 1.29 is 23.8 Å². The van der Waals surface area contributed by atoms with Crippen molar-refractivity contribution in [2.75, 3.05) is 26.4 Å². The maximum atomic E-state index is 11.5. The molecule has 0 aliphatic carbocycles. The molecule has 0 aromatic heterocycles. The molecular weight excluding hydrogens is 344 g/mol. The van der Waals surface area contributed by atoms with Crippen LogP contribution in [-0.2, 0) is 23.8 Å². The second kappa shape index (κ2) is 21.2. The van der Waals surface area contributed by atoms with Crippen molar-refractivity contribution in [3.63, 3.8) is 0 Å². The predicted molar refractivity (Wildman–Crippen MR) is 109 cm³/mol. The number of unbranched alkanes of at least 4 members (excludes halogenated alkanes) is 10. The van der Waals surface area contributed by atoms with Gasteiger partial charge in [0.15, 0.2) is 0 Å². The predicted octanol–water partition coefficient (Wildman–Crippen LogP) is 5.59. The average molecular weight is 387 g/mol. The Morgan fingerprint density at radius 2 is 0.889 bits per heavy atom. The molecule has 0 rings (SSSR count). The first kappa shape index (κ1) is 25.9. The first-order valence-corrected chi connectivity index (χ1v) is 11.1. The van der Waals surface area contributed by atoms with Crippen LogP contribution in [0.4, 0.5) is 0 Å². The third-order valence-electron chi connectivity index (χ3n) is 4.45. The van der Waals surface area contributed by atoms with Crippen LogP contribution in [0, 0.1) is 0 Å². The lowest BCUT2D eigenvalue weighted by molar-refractivity contribution is -0.146. The maximum Gasteiger partial charge on any atom is 0.305 e. The standard InChI is InChI=1S/C22H42O5/c1-3-5-7-9-11-13-15-21(23)26-19-17-25-18-20-27-22(24)16-14-12-10-8-6-4-2/h3-20H2,1-2H3. The van der Waals surface area contributed by atoms with Crippen molar-refractivity contribution in [3.05, 3.63) is 0 Å². The van der Waals surface area contributed by atoms with Gasteiger partial charge in [0.25, 0.3) is 0 Å². The number of esters is 2. The van der Waals surface area contributed by atoms with E-state index in [9.17, 15) is 9.59 Å². The maximum absolute atomic E-state index is 11.5. The van der Waals surface area contributed by atoms with Crippen LogP contribution in [-0.4, -0.2) is 38.4 Å². The second-order valence-corrected chi connectivity index (χ2v) is 7.09. The van der Waals surface area contributed by atoms with Gasteiger partial charge in [-0.25, -0.2) is 0 Å². The fourth-order valence-electron chi connectivity index (χ4n) is 2.77. The summed E-state index contributed by atoms with van der Waals surface area (Å²) in [6, 6.07) is 0. The molecule has 0 fully saturated rings. The Bertz CT molecular complexity index is 312. The van der Waals surface area contributed by atoms with Gasteiger partial charge in [0.2, 0.25) is 0 Å². The van der Waals surface area contributed by atoms with Gasteiger partial charge in [-0.05, 0) is 12.8 Å². The van der Waals surface area contributed by atoms with Gasteiger partial charge in [0.1, 0.15) is 13.2 Å². The summed E-state index contributed by atoms with van der Waals surface area (Å²) in [5, 5.41) is 0. The lowest BCUT2D eigenvalue weighted by Crippen LogP contribution is -2.14. The summed E-state index contributed by atoms with van der Waals surface area (Å²) in [5.74, 6) is -0.307. The molecule has 0 heterocycles. The molecule has 0 spiro atoms. The molecule has 0 aliphatic rings. The van der Waals surface area contributed by atoms with E-state index in [0.717, 1.165) is 25.7 Å². The van der Waals surface area contributed by atoms with Gasteiger partial charge < -0.3 is 14.2 Å². The Morgan fingerprint density at radius 1 is 0.519 bits per heavy atom. The number of rotatable bonds is 20. The van der Waals surface area contributed by atoms with Crippen LogP contribution >= 0.6 is 0 Å². The molecule has 0 atom stereocenters. The molecule has 0 bridgehead atoms. The van der Waals surface area contributed by atoms with E-state index in [1.807, 2.05) is 0 Å². The molecule has 0 aromatic carbocycles. The Kier molecular flexibility index (Phi) is 20.3. The molecule has 5 heteroatoms. The third-order valence-corrected chi connectivity index (χ3v) is 4.45. The fraction of sp³-hybridized carbons (Fsp3) is 0.909. The fourth-order valence-corrected chi connectivity index (χ4v) is 2.77. The Labute approximate surface area is 166 Å². The van der Waals surface area contributed by atoms with Gasteiger partial charge in [-0.15, -0.1) is 0 Å². The van der Waals surface area contributed by atoms with Crippen molar-refractivity contribution in [2.24, 2.45) is 0 Å². The van der Waals surface area contributed by atoms with E-state index < -0.39 is 0 Å². The smallest absolute Gasteiger partial charge is 0.305 e. The van der Waals surface area contributed by atoms with E-state index in [-0.39, 0.29) is 25.2 Å². The van der Waals surface area contributed by atoms with Gasteiger partial charge in [-0.3, -0.25) is 9.59 Å². The number of hydrogen-bond acceptors (Lipinski definition) is 5. The van der Waals surface area contributed by atoms with Gasteiger partial charge in [-0.1, -0.05) is 78.1 Å². The van der Waals surface area contributed by atoms with Crippen LogP contribution in [0.1, 0.15) is 104 Å². The van der Waals surface area contributed by atoms with Crippen molar-refractivity contribution in [3.8, 4) is 0 Å². The highest BCUT2D eigenvalue weighted by Gasteiger charge is 2.04. The van der Waals surface area contributed by atoms with Crippen LogP contribution in [0.2, 0.25) is 0 Å². The molecule has 0 radical (unpaired) electrons. The largest absolute Gasteiger partial charge is 0.463 e. The number of hydrogen-bond donors (Lipinski definition) is 0. The summed E-state index contributed by atoms with van der Waals surface area (Å²) in [6.07, 6.45) is 14.9. The summed E-state index contributed by atoms with van der Waals surface area (Å²) in [4.78, 5) is 23.1. The number of carbonyl (C=O) groups is 2. The lowest BCUT2D eigenvalue weighted by atomic mass is 10.1. The normalized spacial score (nSPS) is 10.7. The Morgan fingerprint density at radius 3 is 1.30 bits per heavy atom. The Hall–Kier alpha value is -1.10. The second-order valence-electron chi connectivity index (χ2n) is 7.09. The van der Waals surface area contributed by atoms with Crippen molar-refractivity contribution in [1.29, 1.82) is 0 Å². The molecule has 0 aliphatic heterocycles. The van der Waals surface area contributed by atoms with Crippen LogP contribution in [0.15, 0.2) is 0 Å². The van der Waals surface area contributed by atoms with Crippen molar-refractivity contribution in [1.82, 2.24) is 0 Å². The Balaban J connectivity index is 3.27. The molecule has 0 N–H and O–H groups in total. The summed E-state index contributed by atoms with van der Waals surface area (Å²) >= 11 is 0. The molecule has 0 amide bonds. The molecule has 0 saturated heterocycles. The number of carbonyl (C=O) groups excluding carboxylic acids is 2.